The van der Waals surface area contributed by atoms with Gasteiger partial charge in [0.15, 0.2) is 11.0 Å². The second-order valence-electron chi connectivity index (χ2n) is 2.30. The fraction of sp³-hybridized carbons (Fsp3) is 0.333. The van der Waals surface area contributed by atoms with Gasteiger partial charge in [0.1, 0.15) is 0 Å². The lowest BCUT2D eigenvalue weighted by Crippen LogP contribution is -1.96. The highest BCUT2D eigenvalue weighted by Crippen LogP contribution is 2.27. The van der Waals surface area contributed by atoms with Crippen molar-refractivity contribution in [1.29, 1.82) is 0 Å². The van der Waals surface area contributed by atoms with Gasteiger partial charge in [0.25, 0.3) is 0 Å². The zero-order chi connectivity index (χ0) is 8.43. The first-order chi connectivity index (χ1) is 5.11. The normalized spacial score (nSPS) is 11.4. The van der Waals surface area contributed by atoms with Crippen molar-refractivity contribution in [2.24, 2.45) is 0 Å². The number of anilines is 1. The fourth-order valence-corrected chi connectivity index (χ4v) is 1.28. The maximum absolute atomic E-state index is 5.59. The average molecular weight is 192 g/mol. The summed E-state index contributed by atoms with van der Waals surface area (Å²) >= 11 is 5.59. The molecule has 0 aliphatic heterocycles. The minimum Gasteiger partial charge on any atom is -0.381 e. The third kappa shape index (κ3) is 1.97. The van der Waals surface area contributed by atoms with Crippen LogP contribution in [0.4, 0.5) is 5.82 Å². The van der Waals surface area contributed by atoms with Crippen molar-refractivity contribution in [1.82, 2.24) is 9.97 Å². The van der Waals surface area contributed by atoms with Gasteiger partial charge in [0, 0.05) is 0 Å². The number of hydrogen-bond donors (Lipinski definition) is 2. The van der Waals surface area contributed by atoms with Crippen molar-refractivity contribution in [2.45, 2.75) is 5.03 Å². The Labute approximate surface area is 73.3 Å². The third-order valence-corrected chi connectivity index (χ3v) is 2.62. The summed E-state index contributed by atoms with van der Waals surface area (Å²) in [6.07, 6.45) is 5.85. The number of nitrogens with two attached hydrogens (primary N) is 1. The van der Waals surface area contributed by atoms with E-state index in [1.807, 2.05) is 0 Å². The van der Waals surface area contributed by atoms with Crippen LogP contribution in [0.25, 0.3) is 0 Å². The van der Waals surface area contributed by atoms with Crippen LogP contribution in [0.5, 0.6) is 0 Å². The van der Waals surface area contributed by atoms with Crippen LogP contribution in [0.3, 0.4) is 0 Å². The molecule has 0 fully saturated rings. The maximum Gasteiger partial charge on any atom is 0.171 e. The Hall–Kier alpha value is -0.480. The van der Waals surface area contributed by atoms with Crippen LogP contribution >= 0.6 is 22.5 Å². The molecule has 0 aliphatic carbocycles. The number of rotatable bonds is 1. The van der Waals surface area contributed by atoms with Crippen molar-refractivity contribution >= 4 is 28.3 Å². The molecular formula is C6H10ClN3S. The zero-order valence-electron chi connectivity index (χ0n) is 6.37. The summed E-state index contributed by atoms with van der Waals surface area (Å²) in [7, 11) is -0.236. The van der Waals surface area contributed by atoms with E-state index in [9.17, 15) is 0 Å². The van der Waals surface area contributed by atoms with Crippen LogP contribution in [0.1, 0.15) is 0 Å². The zero-order valence-corrected chi connectivity index (χ0v) is 8.02. The Morgan fingerprint density at radius 2 is 2.18 bits per heavy atom. The molecule has 1 aromatic heterocycles. The predicted molar refractivity (Wildman–Crippen MR) is 50.6 cm³/mol. The number of halogens is 1. The highest BCUT2D eigenvalue weighted by Gasteiger charge is 2.01. The summed E-state index contributed by atoms with van der Waals surface area (Å²) in [5.41, 5.74) is 5.46. The minimum absolute atomic E-state index is 0.236. The molecule has 0 spiro atoms. The topological polar surface area (TPSA) is 51.8 Å². The molecule has 1 rings (SSSR count). The van der Waals surface area contributed by atoms with Crippen molar-refractivity contribution in [3.63, 3.8) is 0 Å². The standard InChI is InChI=1S/C6H10ClN3S/c1-11(2)4-3-9-5(7)6(8)10-4/h3,11H,1-2H3,(H2,8,10). The molecule has 62 valence electrons. The van der Waals surface area contributed by atoms with Crippen molar-refractivity contribution in [2.75, 3.05) is 18.2 Å². The minimum atomic E-state index is -0.236. The summed E-state index contributed by atoms with van der Waals surface area (Å²) in [4.78, 5) is 7.98. The number of nitrogens with zero attached hydrogens (tertiary/aromatic N) is 2. The van der Waals surface area contributed by atoms with E-state index in [2.05, 4.69) is 22.5 Å². The predicted octanol–water partition coefficient (Wildman–Crippen LogP) is 1.33. The van der Waals surface area contributed by atoms with E-state index in [0.29, 0.717) is 5.82 Å². The first-order valence-corrected chi connectivity index (χ1v) is 5.68. The van der Waals surface area contributed by atoms with Gasteiger partial charge in [-0.2, -0.15) is 0 Å². The average Bonchev–Trinajstić information content (AvgIpc) is 1.94. The molecule has 11 heavy (non-hydrogen) atoms. The lowest BCUT2D eigenvalue weighted by atomic mass is 10.7. The highest BCUT2D eigenvalue weighted by molar-refractivity contribution is 8.15. The lowest BCUT2D eigenvalue weighted by Gasteiger charge is -2.07. The second kappa shape index (κ2) is 3.28. The fourth-order valence-electron chi connectivity index (χ4n) is 0.594. The SMILES string of the molecule is C[SH](C)c1cnc(Cl)c(N)n1. The molecule has 0 saturated heterocycles. The van der Waals surface area contributed by atoms with E-state index in [1.165, 1.54) is 0 Å². The molecule has 0 unspecified atom stereocenters. The highest BCUT2D eigenvalue weighted by atomic mass is 35.5. The third-order valence-electron chi connectivity index (χ3n) is 1.20. The Morgan fingerprint density at radius 3 is 2.64 bits per heavy atom. The Kier molecular flexibility index (Phi) is 2.57. The van der Waals surface area contributed by atoms with Gasteiger partial charge in [0.2, 0.25) is 0 Å². The summed E-state index contributed by atoms with van der Waals surface area (Å²) in [6.45, 7) is 0. The molecule has 1 heterocycles. The van der Waals surface area contributed by atoms with Gasteiger partial charge in [-0.25, -0.2) is 20.9 Å². The van der Waals surface area contributed by atoms with E-state index in [-0.39, 0.29) is 16.0 Å². The Balaban J connectivity index is 3.05. The van der Waals surface area contributed by atoms with Crippen LogP contribution in [0, 0.1) is 0 Å². The summed E-state index contributed by atoms with van der Waals surface area (Å²) in [5.74, 6) is 0.320. The number of hydrogen-bond acceptors (Lipinski definition) is 3. The van der Waals surface area contributed by atoms with Crippen LogP contribution in [0.15, 0.2) is 11.2 Å². The summed E-state index contributed by atoms with van der Waals surface area (Å²) < 4.78 is 0. The van der Waals surface area contributed by atoms with Crippen LogP contribution in [0.2, 0.25) is 5.15 Å². The molecule has 0 radical (unpaired) electrons. The van der Waals surface area contributed by atoms with Gasteiger partial charge in [-0.3, -0.25) is 0 Å². The van der Waals surface area contributed by atoms with Crippen molar-refractivity contribution < 1.29 is 0 Å². The van der Waals surface area contributed by atoms with Gasteiger partial charge in [-0.05, 0) is 12.5 Å². The number of aromatic nitrogens is 2. The van der Waals surface area contributed by atoms with E-state index < -0.39 is 0 Å². The van der Waals surface area contributed by atoms with Gasteiger partial charge < -0.3 is 5.73 Å². The summed E-state index contributed by atoms with van der Waals surface area (Å²) in [6, 6.07) is 0. The quantitative estimate of drug-likeness (QED) is 0.659. The first kappa shape index (κ1) is 8.62. The van der Waals surface area contributed by atoms with E-state index in [4.69, 9.17) is 17.3 Å². The lowest BCUT2D eigenvalue weighted by molar-refractivity contribution is 1.07. The van der Waals surface area contributed by atoms with Crippen LogP contribution < -0.4 is 5.73 Å². The van der Waals surface area contributed by atoms with Crippen LogP contribution in [-0.4, -0.2) is 22.5 Å². The van der Waals surface area contributed by atoms with Crippen LogP contribution in [-0.2, 0) is 0 Å². The smallest absolute Gasteiger partial charge is 0.171 e. The van der Waals surface area contributed by atoms with E-state index >= 15 is 0 Å². The van der Waals surface area contributed by atoms with Gasteiger partial charge in [0.05, 0.1) is 11.2 Å². The number of thiol groups is 1. The molecule has 0 aliphatic rings. The molecule has 2 N–H and O–H groups in total. The molecule has 3 nitrogen and oxygen atoms in total. The van der Waals surface area contributed by atoms with E-state index in [0.717, 1.165) is 5.03 Å². The first-order valence-electron chi connectivity index (χ1n) is 3.06. The Morgan fingerprint density at radius 1 is 1.55 bits per heavy atom. The largest absolute Gasteiger partial charge is 0.381 e. The Bertz CT molecular complexity index is 264. The molecule has 0 bridgehead atoms. The molecule has 5 heteroatoms. The van der Waals surface area contributed by atoms with Gasteiger partial charge in [-0.1, -0.05) is 11.6 Å². The summed E-state index contributed by atoms with van der Waals surface area (Å²) in [5, 5.41) is 1.22. The van der Waals surface area contributed by atoms with Gasteiger partial charge >= 0.3 is 0 Å². The number of nitrogen functional groups attached to an aromatic ring is 1. The second-order valence-corrected chi connectivity index (χ2v) is 4.90. The monoisotopic (exact) mass is 191 g/mol. The molecule has 0 amide bonds. The molecule has 0 saturated carbocycles. The molecule has 1 aromatic rings. The molecular weight excluding hydrogens is 182 g/mol. The van der Waals surface area contributed by atoms with Crippen molar-refractivity contribution in [3.8, 4) is 0 Å². The molecule has 0 atom stereocenters. The van der Waals surface area contributed by atoms with E-state index in [1.54, 1.807) is 6.20 Å². The van der Waals surface area contributed by atoms with Gasteiger partial charge in [-0.15, -0.1) is 0 Å². The maximum atomic E-state index is 5.59. The van der Waals surface area contributed by atoms with Crippen molar-refractivity contribution in [3.05, 3.63) is 11.3 Å². The molecule has 0 aromatic carbocycles.